The monoisotopic (exact) mass is 244 g/mol. The summed E-state index contributed by atoms with van der Waals surface area (Å²) in [6.07, 6.45) is 0. The summed E-state index contributed by atoms with van der Waals surface area (Å²) in [6, 6.07) is -0.544. The topological polar surface area (TPSA) is 67.4 Å². The summed E-state index contributed by atoms with van der Waals surface area (Å²) in [5, 5.41) is 5.50. The van der Waals surface area contributed by atoms with Gasteiger partial charge in [-0.05, 0) is 41.5 Å². The average molecular weight is 244 g/mol. The van der Waals surface area contributed by atoms with Gasteiger partial charge < -0.3 is 15.4 Å². The van der Waals surface area contributed by atoms with Crippen LogP contribution in [0, 0.1) is 5.92 Å². The molecule has 0 aromatic rings. The van der Waals surface area contributed by atoms with Gasteiger partial charge in [-0.15, -0.1) is 0 Å². The fourth-order valence-corrected chi connectivity index (χ4v) is 1.19. The Kier molecular flexibility index (Phi) is 5.99. The van der Waals surface area contributed by atoms with E-state index in [2.05, 4.69) is 10.6 Å². The number of esters is 1. The van der Waals surface area contributed by atoms with Crippen molar-refractivity contribution < 1.29 is 14.3 Å². The van der Waals surface area contributed by atoms with Gasteiger partial charge in [-0.2, -0.15) is 0 Å². The molecule has 0 aliphatic heterocycles. The molecule has 0 aromatic heterocycles. The number of amides is 2. The summed E-state index contributed by atoms with van der Waals surface area (Å²) < 4.78 is 4.90. The van der Waals surface area contributed by atoms with Gasteiger partial charge >= 0.3 is 12.0 Å². The number of rotatable bonds is 4. The standard InChI is InChI=1S/C12H24N2O3/c1-7-17-10(15)8(2)9(3)13-11(16)14-12(4,5)6/h8-9H,7H2,1-6H3,(H2,13,14,16). The molecule has 5 heteroatoms. The van der Waals surface area contributed by atoms with Gasteiger partial charge in [-0.3, -0.25) is 4.79 Å². The molecule has 0 aromatic carbocycles. The van der Waals surface area contributed by atoms with E-state index < -0.39 is 0 Å². The van der Waals surface area contributed by atoms with Crippen LogP contribution in [0.5, 0.6) is 0 Å². The largest absolute Gasteiger partial charge is 0.466 e. The predicted molar refractivity (Wildman–Crippen MR) is 66.7 cm³/mol. The van der Waals surface area contributed by atoms with Crippen LogP contribution in [0.25, 0.3) is 0 Å². The third-order valence-electron chi connectivity index (χ3n) is 2.26. The second-order valence-electron chi connectivity index (χ2n) is 5.18. The lowest BCUT2D eigenvalue weighted by molar-refractivity contribution is -0.148. The van der Waals surface area contributed by atoms with Gasteiger partial charge in [-0.1, -0.05) is 0 Å². The van der Waals surface area contributed by atoms with Crippen LogP contribution in [-0.2, 0) is 9.53 Å². The smallest absolute Gasteiger partial charge is 0.315 e. The van der Waals surface area contributed by atoms with Gasteiger partial charge in [0.2, 0.25) is 0 Å². The molecule has 2 atom stereocenters. The van der Waals surface area contributed by atoms with Crippen LogP contribution < -0.4 is 10.6 Å². The van der Waals surface area contributed by atoms with E-state index in [9.17, 15) is 9.59 Å². The van der Waals surface area contributed by atoms with E-state index in [0.717, 1.165) is 0 Å². The highest BCUT2D eigenvalue weighted by Gasteiger charge is 2.24. The van der Waals surface area contributed by atoms with Crippen LogP contribution in [0.3, 0.4) is 0 Å². The first-order valence-corrected chi connectivity index (χ1v) is 5.92. The maximum atomic E-state index is 11.6. The lowest BCUT2D eigenvalue weighted by atomic mass is 10.0. The first kappa shape index (κ1) is 15.7. The van der Waals surface area contributed by atoms with E-state index in [1.165, 1.54) is 0 Å². The van der Waals surface area contributed by atoms with E-state index in [4.69, 9.17) is 4.74 Å². The molecule has 0 radical (unpaired) electrons. The number of ether oxygens (including phenoxy) is 1. The molecule has 17 heavy (non-hydrogen) atoms. The van der Waals surface area contributed by atoms with Crippen molar-refractivity contribution >= 4 is 12.0 Å². The van der Waals surface area contributed by atoms with Crippen molar-refractivity contribution in [1.82, 2.24) is 10.6 Å². The molecule has 2 unspecified atom stereocenters. The Hall–Kier alpha value is -1.26. The van der Waals surface area contributed by atoms with E-state index in [-0.39, 0.29) is 29.5 Å². The van der Waals surface area contributed by atoms with Crippen molar-refractivity contribution in [2.45, 2.75) is 53.1 Å². The van der Waals surface area contributed by atoms with Gasteiger partial charge in [0.05, 0.1) is 12.5 Å². The number of nitrogens with one attached hydrogen (secondary N) is 2. The minimum absolute atomic E-state index is 0.267. The molecule has 2 N–H and O–H groups in total. The minimum Gasteiger partial charge on any atom is -0.466 e. The molecular formula is C12H24N2O3. The Labute approximate surface area is 103 Å². The lowest BCUT2D eigenvalue weighted by Gasteiger charge is -2.24. The maximum Gasteiger partial charge on any atom is 0.315 e. The summed E-state index contributed by atoms with van der Waals surface area (Å²) in [6.45, 7) is 11.3. The normalized spacial score (nSPS) is 14.7. The van der Waals surface area contributed by atoms with Crippen LogP contribution in [0.2, 0.25) is 0 Å². The average Bonchev–Trinajstić information content (AvgIpc) is 2.13. The molecule has 0 rings (SSSR count). The molecule has 2 amide bonds. The quantitative estimate of drug-likeness (QED) is 0.739. The van der Waals surface area contributed by atoms with Crippen molar-refractivity contribution in [1.29, 1.82) is 0 Å². The molecule has 0 heterocycles. The van der Waals surface area contributed by atoms with Crippen molar-refractivity contribution in [3.8, 4) is 0 Å². The van der Waals surface area contributed by atoms with Crippen LogP contribution in [0.15, 0.2) is 0 Å². The molecule has 0 saturated heterocycles. The number of urea groups is 1. The molecule has 5 nitrogen and oxygen atoms in total. The summed E-state index contributed by atoms with van der Waals surface area (Å²) in [5.41, 5.74) is -0.295. The fourth-order valence-electron chi connectivity index (χ4n) is 1.19. The second-order valence-corrected chi connectivity index (χ2v) is 5.18. The zero-order chi connectivity index (χ0) is 13.6. The lowest BCUT2D eigenvalue weighted by Crippen LogP contribution is -2.51. The Morgan fingerprint density at radius 2 is 1.76 bits per heavy atom. The summed E-state index contributed by atoms with van der Waals surface area (Å²) >= 11 is 0. The molecule has 100 valence electrons. The maximum absolute atomic E-state index is 11.6. The minimum atomic E-state index is -0.360. The number of carbonyl (C=O) groups excluding carboxylic acids is 2. The molecule has 0 aliphatic rings. The highest BCUT2D eigenvalue weighted by molar-refractivity contribution is 5.77. The third-order valence-corrected chi connectivity index (χ3v) is 2.26. The Bertz CT molecular complexity index is 271. The first-order valence-electron chi connectivity index (χ1n) is 5.92. The van der Waals surface area contributed by atoms with Crippen molar-refractivity contribution in [2.75, 3.05) is 6.61 Å². The van der Waals surface area contributed by atoms with E-state index in [1.807, 2.05) is 20.8 Å². The van der Waals surface area contributed by atoms with Gasteiger partial charge in [-0.25, -0.2) is 4.79 Å². The number of carbonyl (C=O) groups is 2. The first-order chi connectivity index (χ1) is 7.67. The van der Waals surface area contributed by atoms with Gasteiger partial charge in [0, 0.05) is 11.6 Å². The van der Waals surface area contributed by atoms with Crippen molar-refractivity contribution in [3.63, 3.8) is 0 Å². The molecular weight excluding hydrogens is 220 g/mol. The van der Waals surface area contributed by atoms with E-state index >= 15 is 0 Å². The Morgan fingerprint density at radius 3 is 2.18 bits per heavy atom. The summed E-state index contributed by atoms with van der Waals surface area (Å²) in [7, 11) is 0. The van der Waals surface area contributed by atoms with E-state index in [1.54, 1.807) is 20.8 Å². The van der Waals surface area contributed by atoms with Crippen LogP contribution in [-0.4, -0.2) is 30.2 Å². The summed E-state index contributed by atoms with van der Waals surface area (Å²) in [5.74, 6) is -0.656. The van der Waals surface area contributed by atoms with Gasteiger partial charge in [0.15, 0.2) is 0 Å². The van der Waals surface area contributed by atoms with E-state index in [0.29, 0.717) is 6.61 Å². The molecule has 0 saturated carbocycles. The molecule has 0 fully saturated rings. The highest BCUT2D eigenvalue weighted by Crippen LogP contribution is 2.06. The molecule has 0 spiro atoms. The molecule has 0 bridgehead atoms. The van der Waals surface area contributed by atoms with Gasteiger partial charge in [0.25, 0.3) is 0 Å². The van der Waals surface area contributed by atoms with Crippen LogP contribution >= 0.6 is 0 Å². The van der Waals surface area contributed by atoms with Gasteiger partial charge in [0.1, 0.15) is 0 Å². The predicted octanol–water partition coefficient (Wildman–Crippen LogP) is 1.67. The SMILES string of the molecule is CCOC(=O)C(C)C(C)NC(=O)NC(C)(C)C. The van der Waals surface area contributed by atoms with Crippen molar-refractivity contribution in [2.24, 2.45) is 5.92 Å². The fraction of sp³-hybridized carbons (Fsp3) is 0.833. The molecule has 0 aliphatic carbocycles. The van der Waals surface area contributed by atoms with Crippen molar-refractivity contribution in [3.05, 3.63) is 0 Å². The summed E-state index contributed by atoms with van der Waals surface area (Å²) in [4.78, 5) is 23.0. The zero-order valence-corrected chi connectivity index (χ0v) is 11.6. The third kappa shape index (κ3) is 6.81. The number of hydrogen-bond donors (Lipinski definition) is 2. The Morgan fingerprint density at radius 1 is 1.24 bits per heavy atom. The highest BCUT2D eigenvalue weighted by atomic mass is 16.5. The zero-order valence-electron chi connectivity index (χ0n) is 11.6. The van der Waals surface area contributed by atoms with Crippen LogP contribution in [0.4, 0.5) is 4.79 Å². The number of hydrogen-bond acceptors (Lipinski definition) is 3. The van der Waals surface area contributed by atoms with Crippen LogP contribution in [0.1, 0.15) is 41.5 Å². The second kappa shape index (κ2) is 6.47. The Balaban J connectivity index is 4.20.